The molecule has 0 aliphatic carbocycles. The van der Waals surface area contributed by atoms with Gasteiger partial charge in [0, 0.05) is 26.0 Å². The average Bonchev–Trinajstić information content (AvgIpc) is 2.86. The number of hydrogen-bond acceptors (Lipinski definition) is 4. The summed E-state index contributed by atoms with van der Waals surface area (Å²) in [5, 5.41) is 9.12. The fourth-order valence-corrected chi connectivity index (χ4v) is 2.73. The van der Waals surface area contributed by atoms with Gasteiger partial charge in [-0.3, -0.25) is 4.79 Å². The predicted octanol–water partition coefficient (Wildman–Crippen LogP) is 2.72. The summed E-state index contributed by atoms with van der Waals surface area (Å²) in [6.07, 6.45) is 2.68. The van der Waals surface area contributed by atoms with Crippen molar-refractivity contribution in [1.29, 1.82) is 0 Å². The maximum atomic E-state index is 11.3. The van der Waals surface area contributed by atoms with E-state index in [0.29, 0.717) is 18.8 Å². The van der Waals surface area contributed by atoms with E-state index in [0.717, 1.165) is 41.8 Å². The maximum Gasteiger partial charge on any atom is 0.305 e. The number of carbonyl (C=O) groups excluding carboxylic acids is 1. The van der Waals surface area contributed by atoms with Crippen LogP contribution in [0.15, 0.2) is 18.2 Å². The number of carbonyl (C=O) groups is 1. The molecule has 23 heavy (non-hydrogen) atoms. The van der Waals surface area contributed by atoms with E-state index < -0.39 is 0 Å². The molecule has 0 atom stereocenters. The van der Waals surface area contributed by atoms with Gasteiger partial charge in [0.15, 0.2) is 0 Å². The molecule has 0 aliphatic heterocycles. The van der Waals surface area contributed by atoms with Crippen LogP contribution in [0.3, 0.4) is 0 Å². The van der Waals surface area contributed by atoms with E-state index in [-0.39, 0.29) is 12.6 Å². The first-order valence-corrected chi connectivity index (χ1v) is 8.21. The van der Waals surface area contributed by atoms with E-state index in [1.165, 1.54) is 7.11 Å². The number of aliphatic hydroxyl groups is 1. The minimum absolute atomic E-state index is 0.179. The van der Waals surface area contributed by atoms with Crippen LogP contribution in [-0.4, -0.2) is 34.3 Å². The number of hydrogen-bond donors (Lipinski definition) is 1. The van der Waals surface area contributed by atoms with Gasteiger partial charge in [0.25, 0.3) is 0 Å². The second-order valence-electron chi connectivity index (χ2n) is 6.25. The van der Waals surface area contributed by atoms with Gasteiger partial charge < -0.3 is 14.4 Å². The molecular formula is C18H26N2O3. The van der Waals surface area contributed by atoms with Gasteiger partial charge in [0.05, 0.1) is 18.1 Å². The first-order valence-electron chi connectivity index (χ1n) is 8.21. The Kier molecular flexibility index (Phi) is 6.16. The summed E-state index contributed by atoms with van der Waals surface area (Å²) in [7, 11) is 1.41. The van der Waals surface area contributed by atoms with Crippen molar-refractivity contribution in [2.24, 2.45) is 5.92 Å². The van der Waals surface area contributed by atoms with E-state index in [2.05, 4.69) is 35.3 Å². The van der Waals surface area contributed by atoms with Crippen LogP contribution in [0.5, 0.6) is 0 Å². The van der Waals surface area contributed by atoms with Gasteiger partial charge in [0.2, 0.25) is 0 Å². The Bertz CT molecular complexity index is 662. The Hall–Kier alpha value is -1.88. The highest BCUT2D eigenvalue weighted by molar-refractivity contribution is 5.77. The molecule has 5 nitrogen and oxygen atoms in total. The van der Waals surface area contributed by atoms with Crippen molar-refractivity contribution in [3.05, 3.63) is 29.6 Å². The lowest BCUT2D eigenvalue weighted by molar-refractivity contribution is -0.140. The fourth-order valence-electron chi connectivity index (χ4n) is 2.73. The lowest BCUT2D eigenvalue weighted by atomic mass is 10.1. The minimum atomic E-state index is -0.195. The molecular weight excluding hydrogens is 292 g/mol. The van der Waals surface area contributed by atoms with Crippen LogP contribution < -0.4 is 0 Å². The Morgan fingerprint density at radius 3 is 2.83 bits per heavy atom. The van der Waals surface area contributed by atoms with E-state index in [4.69, 9.17) is 10.1 Å². The van der Waals surface area contributed by atoms with Gasteiger partial charge in [-0.05, 0) is 36.5 Å². The molecule has 0 spiro atoms. The quantitative estimate of drug-likeness (QED) is 0.760. The molecule has 0 unspecified atom stereocenters. The number of aryl methyl sites for hydroxylation is 2. The van der Waals surface area contributed by atoms with E-state index in [1.807, 2.05) is 6.07 Å². The van der Waals surface area contributed by atoms with Crippen molar-refractivity contribution in [3.8, 4) is 0 Å². The molecule has 1 N–H and O–H groups in total. The highest BCUT2D eigenvalue weighted by Crippen LogP contribution is 2.21. The summed E-state index contributed by atoms with van der Waals surface area (Å²) < 4.78 is 6.89. The number of imidazole rings is 1. The lowest BCUT2D eigenvalue weighted by Crippen LogP contribution is -2.08. The molecule has 5 heteroatoms. The van der Waals surface area contributed by atoms with Gasteiger partial charge in [0.1, 0.15) is 5.82 Å². The average molecular weight is 318 g/mol. The van der Waals surface area contributed by atoms with Gasteiger partial charge in [-0.2, -0.15) is 0 Å². The largest absolute Gasteiger partial charge is 0.469 e. The SMILES string of the molecule is COC(=O)CCc1ccc2c(c1)nc(CC(C)C)n2CCCO. The number of benzene rings is 1. The third-order valence-corrected chi connectivity index (χ3v) is 3.87. The highest BCUT2D eigenvalue weighted by atomic mass is 16.5. The van der Waals surface area contributed by atoms with Crippen LogP contribution in [0.4, 0.5) is 0 Å². The molecule has 2 rings (SSSR count). The summed E-state index contributed by atoms with van der Waals surface area (Å²) in [6.45, 7) is 5.31. The number of nitrogens with zero attached hydrogens (tertiary/aromatic N) is 2. The highest BCUT2D eigenvalue weighted by Gasteiger charge is 2.13. The number of aromatic nitrogens is 2. The molecule has 1 aromatic carbocycles. The van der Waals surface area contributed by atoms with Crippen LogP contribution in [0.2, 0.25) is 0 Å². The zero-order valence-electron chi connectivity index (χ0n) is 14.2. The zero-order valence-corrected chi connectivity index (χ0v) is 14.2. The molecule has 126 valence electrons. The molecule has 0 bridgehead atoms. The number of rotatable bonds is 8. The summed E-state index contributed by atoms with van der Waals surface area (Å²) in [5.74, 6) is 1.39. The van der Waals surface area contributed by atoms with Crippen molar-refractivity contribution in [2.45, 2.75) is 46.1 Å². The second kappa shape index (κ2) is 8.11. The number of aliphatic hydroxyl groups excluding tert-OH is 1. The molecule has 0 saturated heterocycles. The van der Waals surface area contributed by atoms with Crippen LogP contribution in [0.1, 0.15) is 38.1 Å². The van der Waals surface area contributed by atoms with E-state index in [9.17, 15) is 4.79 Å². The summed E-state index contributed by atoms with van der Waals surface area (Å²) in [5.41, 5.74) is 3.14. The number of esters is 1. The molecule has 0 saturated carbocycles. The third-order valence-electron chi connectivity index (χ3n) is 3.87. The molecule has 1 heterocycles. The minimum Gasteiger partial charge on any atom is -0.469 e. The van der Waals surface area contributed by atoms with Crippen LogP contribution >= 0.6 is 0 Å². The Labute approximate surface area is 137 Å². The number of methoxy groups -OCH3 is 1. The topological polar surface area (TPSA) is 64.3 Å². The van der Waals surface area contributed by atoms with Crippen LogP contribution in [-0.2, 0) is 28.9 Å². The predicted molar refractivity (Wildman–Crippen MR) is 90.3 cm³/mol. The first-order chi connectivity index (χ1) is 11.0. The monoisotopic (exact) mass is 318 g/mol. The van der Waals surface area contributed by atoms with Gasteiger partial charge in [-0.1, -0.05) is 19.9 Å². The molecule has 0 fully saturated rings. The summed E-state index contributed by atoms with van der Waals surface area (Å²) in [4.78, 5) is 16.1. The normalized spacial score (nSPS) is 11.3. The lowest BCUT2D eigenvalue weighted by Gasteiger charge is -2.10. The van der Waals surface area contributed by atoms with Crippen molar-refractivity contribution in [3.63, 3.8) is 0 Å². The van der Waals surface area contributed by atoms with Crippen molar-refractivity contribution >= 4 is 17.0 Å². The van der Waals surface area contributed by atoms with Crippen LogP contribution in [0, 0.1) is 5.92 Å². The molecule has 2 aromatic rings. The third kappa shape index (κ3) is 4.55. The standard InChI is InChI=1S/C18H26N2O3/c1-13(2)11-17-19-15-12-14(6-8-18(22)23-3)5-7-16(15)20(17)9-4-10-21/h5,7,12-13,21H,4,6,8-11H2,1-3H3. The first kappa shape index (κ1) is 17.5. The van der Waals surface area contributed by atoms with Crippen LogP contribution in [0.25, 0.3) is 11.0 Å². The van der Waals surface area contributed by atoms with Gasteiger partial charge >= 0.3 is 5.97 Å². The Morgan fingerprint density at radius 2 is 2.17 bits per heavy atom. The smallest absolute Gasteiger partial charge is 0.305 e. The van der Waals surface area contributed by atoms with E-state index in [1.54, 1.807) is 0 Å². The molecule has 0 amide bonds. The van der Waals surface area contributed by atoms with Gasteiger partial charge in [-0.15, -0.1) is 0 Å². The second-order valence-corrected chi connectivity index (χ2v) is 6.25. The Morgan fingerprint density at radius 1 is 1.39 bits per heavy atom. The molecule has 0 aliphatic rings. The Balaban J connectivity index is 2.29. The summed E-state index contributed by atoms with van der Waals surface area (Å²) in [6, 6.07) is 6.16. The summed E-state index contributed by atoms with van der Waals surface area (Å²) >= 11 is 0. The van der Waals surface area contributed by atoms with Gasteiger partial charge in [-0.25, -0.2) is 4.98 Å². The van der Waals surface area contributed by atoms with Crippen molar-refractivity contribution < 1.29 is 14.6 Å². The van der Waals surface area contributed by atoms with E-state index >= 15 is 0 Å². The maximum absolute atomic E-state index is 11.3. The van der Waals surface area contributed by atoms with Crippen molar-refractivity contribution in [1.82, 2.24) is 9.55 Å². The molecule has 1 aromatic heterocycles. The molecule has 0 radical (unpaired) electrons. The fraction of sp³-hybridized carbons (Fsp3) is 0.556. The number of fused-ring (bicyclic) bond motifs is 1. The zero-order chi connectivity index (χ0) is 16.8. The van der Waals surface area contributed by atoms with Crippen molar-refractivity contribution in [2.75, 3.05) is 13.7 Å². The number of ether oxygens (including phenoxy) is 1.